The molecule has 4 aromatic rings. The molecule has 1 aromatic heterocycles. The number of aromatic hydroxyl groups is 1. The van der Waals surface area contributed by atoms with Gasteiger partial charge in [-0.3, -0.25) is 0 Å². The van der Waals surface area contributed by atoms with Gasteiger partial charge in [0, 0.05) is 30.6 Å². The topological polar surface area (TPSA) is 70.5 Å². The first-order chi connectivity index (χ1) is 17.5. The van der Waals surface area contributed by atoms with E-state index in [-0.39, 0.29) is 22.8 Å². The predicted molar refractivity (Wildman–Crippen MR) is 135 cm³/mol. The van der Waals surface area contributed by atoms with Crippen molar-refractivity contribution in [1.82, 2.24) is 15.3 Å². The number of piperazine rings is 1. The number of hydrogen-bond acceptors (Lipinski definition) is 6. The van der Waals surface area contributed by atoms with E-state index in [0.717, 1.165) is 42.0 Å². The van der Waals surface area contributed by atoms with Crippen molar-refractivity contribution in [2.24, 2.45) is 0 Å². The number of halogens is 2. The van der Waals surface area contributed by atoms with Gasteiger partial charge in [0.2, 0.25) is 0 Å². The maximum Gasteiger partial charge on any atom is 0.318 e. The molecular formula is C28H26F2N4O2. The highest BCUT2D eigenvalue weighted by molar-refractivity contribution is 6.03. The van der Waals surface area contributed by atoms with Gasteiger partial charge >= 0.3 is 6.01 Å². The summed E-state index contributed by atoms with van der Waals surface area (Å²) in [5.41, 5.74) is 1.21. The molecule has 8 heteroatoms. The summed E-state index contributed by atoms with van der Waals surface area (Å²) < 4.78 is 37.6. The van der Waals surface area contributed by atoms with Gasteiger partial charge in [-0.05, 0) is 71.7 Å². The fourth-order valence-corrected chi connectivity index (χ4v) is 6.08. The van der Waals surface area contributed by atoms with E-state index in [0.29, 0.717) is 47.9 Å². The average molecular weight is 489 g/mol. The third kappa shape index (κ3) is 3.38. The molecule has 6 nitrogen and oxygen atoms in total. The fraction of sp³-hybridized carbons (Fsp3) is 0.357. The summed E-state index contributed by atoms with van der Waals surface area (Å²) in [5, 5.41) is 15.9. The van der Waals surface area contributed by atoms with E-state index >= 15 is 8.78 Å². The third-order valence-electron chi connectivity index (χ3n) is 7.82. The Morgan fingerprint density at radius 3 is 2.53 bits per heavy atom. The molecule has 36 heavy (non-hydrogen) atoms. The molecule has 3 fully saturated rings. The van der Waals surface area contributed by atoms with Gasteiger partial charge in [0.05, 0.1) is 12.7 Å². The van der Waals surface area contributed by atoms with E-state index in [1.165, 1.54) is 19.2 Å². The molecule has 2 N–H and O–H groups in total. The summed E-state index contributed by atoms with van der Waals surface area (Å²) in [6, 6.07) is 10.9. The SMILES string of the molecule is COc1nc(N2CC3CCC(C2)N3)c2cc(F)c(-c3cc(O)cc4cccc(C5CC5)c34)c(F)c2n1. The smallest absolute Gasteiger partial charge is 0.318 e. The number of rotatable bonds is 4. The number of phenolic OH excluding ortho intramolecular Hbond substituents is 1. The molecule has 2 bridgehead atoms. The van der Waals surface area contributed by atoms with Crippen LogP contribution in [0.2, 0.25) is 0 Å². The number of phenols is 1. The minimum absolute atomic E-state index is 0.0134. The number of hydrogen-bond donors (Lipinski definition) is 2. The first-order valence-corrected chi connectivity index (χ1v) is 12.5. The molecule has 7 rings (SSSR count). The summed E-state index contributed by atoms with van der Waals surface area (Å²) in [6.07, 6.45) is 4.23. The zero-order chi connectivity index (χ0) is 24.6. The van der Waals surface area contributed by atoms with Crippen LogP contribution in [-0.4, -0.2) is 47.4 Å². The van der Waals surface area contributed by atoms with Crippen LogP contribution in [0.4, 0.5) is 14.6 Å². The molecule has 3 aliphatic rings. The van der Waals surface area contributed by atoms with Gasteiger partial charge < -0.3 is 20.1 Å². The molecule has 0 amide bonds. The Labute approximate surface area is 206 Å². The zero-order valence-corrected chi connectivity index (χ0v) is 19.9. The second kappa shape index (κ2) is 8.00. The van der Waals surface area contributed by atoms with E-state index in [1.54, 1.807) is 6.07 Å². The van der Waals surface area contributed by atoms with Crippen LogP contribution in [0.15, 0.2) is 36.4 Å². The Bertz CT molecular complexity index is 1530. The van der Waals surface area contributed by atoms with Crippen LogP contribution >= 0.6 is 0 Å². The van der Waals surface area contributed by atoms with Crippen LogP contribution in [0.1, 0.15) is 37.2 Å². The van der Waals surface area contributed by atoms with Crippen molar-refractivity contribution in [2.45, 2.75) is 43.7 Å². The van der Waals surface area contributed by atoms with Gasteiger partial charge in [0.15, 0.2) is 5.82 Å². The van der Waals surface area contributed by atoms with Crippen molar-refractivity contribution < 1.29 is 18.6 Å². The molecule has 2 atom stereocenters. The highest BCUT2D eigenvalue weighted by Crippen LogP contribution is 2.47. The minimum atomic E-state index is -0.775. The van der Waals surface area contributed by atoms with Gasteiger partial charge in [-0.2, -0.15) is 9.97 Å². The summed E-state index contributed by atoms with van der Waals surface area (Å²) in [5.74, 6) is -0.672. The largest absolute Gasteiger partial charge is 0.508 e. The quantitative estimate of drug-likeness (QED) is 0.408. The number of methoxy groups -OCH3 is 1. The maximum absolute atomic E-state index is 16.4. The molecular weight excluding hydrogens is 462 g/mol. The molecule has 1 saturated carbocycles. The molecule has 0 spiro atoms. The molecule has 1 aliphatic carbocycles. The standard InChI is InChI=1S/C28H26F2N4O2/c1-36-28-32-26-21(27(33-28)34-12-16-7-8-17(13-34)31-16)11-22(29)24(25(26)30)20-10-18(35)9-15-3-2-4-19(23(15)20)14-5-6-14/h2-4,9-11,14,16-17,31,35H,5-8,12-13H2,1H3. The highest BCUT2D eigenvalue weighted by Gasteiger charge is 2.35. The van der Waals surface area contributed by atoms with Gasteiger partial charge in [-0.1, -0.05) is 18.2 Å². The molecule has 2 saturated heterocycles. The lowest BCUT2D eigenvalue weighted by atomic mass is 9.91. The Hall–Kier alpha value is -3.52. The number of fused-ring (bicyclic) bond motifs is 4. The summed E-state index contributed by atoms with van der Waals surface area (Å²) >= 11 is 0. The van der Waals surface area contributed by atoms with E-state index < -0.39 is 11.6 Å². The molecule has 2 unspecified atom stereocenters. The Morgan fingerprint density at radius 2 is 1.81 bits per heavy atom. The van der Waals surface area contributed by atoms with Crippen molar-refractivity contribution in [3.63, 3.8) is 0 Å². The number of ether oxygens (including phenoxy) is 1. The molecule has 3 heterocycles. The van der Waals surface area contributed by atoms with Crippen molar-refractivity contribution in [3.8, 4) is 22.9 Å². The highest BCUT2D eigenvalue weighted by atomic mass is 19.1. The Kier molecular flexibility index (Phi) is 4.83. The van der Waals surface area contributed by atoms with Crippen LogP contribution in [0.25, 0.3) is 32.8 Å². The Balaban J connectivity index is 1.48. The van der Waals surface area contributed by atoms with Crippen LogP contribution in [0.3, 0.4) is 0 Å². The average Bonchev–Trinajstić information content (AvgIpc) is 3.66. The van der Waals surface area contributed by atoms with Gasteiger partial charge in [-0.25, -0.2) is 8.78 Å². The number of anilines is 1. The van der Waals surface area contributed by atoms with Crippen molar-refractivity contribution in [1.29, 1.82) is 0 Å². The fourth-order valence-electron chi connectivity index (χ4n) is 6.08. The zero-order valence-electron chi connectivity index (χ0n) is 19.9. The van der Waals surface area contributed by atoms with Crippen molar-refractivity contribution in [3.05, 3.63) is 53.6 Å². The maximum atomic E-state index is 16.4. The van der Waals surface area contributed by atoms with E-state index in [9.17, 15) is 5.11 Å². The van der Waals surface area contributed by atoms with Crippen LogP contribution < -0.4 is 15.0 Å². The van der Waals surface area contributed by atoms with Gasteiger partial charge in [0.25, 0.3) is 0 Å². The second-order valence-corrected chi connectivity index (χ2v) is 10.2. The minimum Gasteiger partial charge on any atom is -0.508 e. The number of nitrogens with one attached hydrogen (secondary N) is 1. The van der Waals surface area contributed by atoms with Crippen LogP contribution in [0.5, 0.6) is 11.8 Å². The van der Waals surface area contributed by atoms with Crippen LogP contribution in [0, 0.1) is 11.6 Å². The number of benzene rings is 3. The van der Waals surface area contributed by atoms with E-state index in [1.807, 2.05) is 18.2 Å². The van der Waals surface area contributed by atoms with Gasteiger partial charge in [-0.15, -0.1) is 0 Å². The first kappa shape index (κ1) is 21.7. The molecule has 184 valence electrons. The van der Waals surface area contributed by atoms with E-state index in [4.69, 9.17) is 4.74 Å². The number of aromatic nitrogens is 2. The molecule has 3 aromatic carbocycles. The summed E-state index contributed by atoms with van der Waals surface area (Å²) in [7, 11) is 1.44. The lowest BCUT2D eigenvalue weighted by Crippen LogP contribution is -2.51. The lowest BCUT2D eigenvalue weighted by Gasteiger charge is -2.34. The van der Waals surface area contributed by atoms with Crippen LogP contribution in [-0.2, 0) is 0 Å². The third-order valence-corrected chi connectivity index (χ3v) is 7.82. The normalized spacial score (nSPS) is 21.5. The van der Waals surface area contributed by atoms with Crippen molar-refractivity contribution >= 4 is 27.5 Å². The summed E-state index contributed by atoms with van der Waals surface area (Å²) in [4.78, 5) is 10.9. The lowest BCUT2D eigenvalue weighted by molar-refractivity contribution is 0.380. The molecule has 2 aliphatic heterocycles. The summed E-state index contributed by atoms with van der Waals surface area (Å²) in [6.45, 7) is 1.41. The van der Waals surface area contributed by atoms with E-state index in [2.05, 4.69) is 20.2 Å². The van der Waals surface area contributed by atoms with Crippen molar-refractivity contribution in [2.75, 3.05) is 25.1 Å². The first-order valence-electron chi connectivity index (χ1n) is 12.5. The number of nitrogens with zero attached hydrogens (tertiary/aromatic N) is 3. The van der Waals surface area contributed by atoms with Gasteiger partial charge in [0.1, 0.15) is 22.9 Å². The Morgan fingerprint density at radius 1 is 1.03 bits per heavy atom. The second-order valence-electron chi connectivity index (χ2n) is 10.2. The predicted octanol–water partition coefficient (Wildman–Crippen LogP) is 5.26. The molecule has 0 radical (unpaired) electrons. The monoisotopic (exact) mass is 488 g/mol.